The Morgan fingerprint density at radius 1 is 1.20 bits per heavy atom. The van der Waals surface area contributed by atoms with E-state index in [0.29, 0.717) is 6.04 Å². The number of hydrogen-bond acceptors (Lipinski definition) is 2. The molecule has 1 saturated heterocycles. The molecular weight excluding hydrogens is 244 g/mol. The molecule has 0 radical (unpaired) electrons. The van der Waals surface area contributed by atoms with Crippen molar-refractivity contribution in [3.05, 3.63) is 34.9 Å². The number of nitrogens with one attached hydrogen (secondary N) is 1. The van der Waals surface area contributed by atoms with Gasteiger partial charge in [0.05, 0.1) is 0 Å². The van der Waals surface area contributed by atoms with Gasteiger partial charge >= 0.3 is 0 Å². The topological polar surface area (TPSA) is 15.3 Å². The number of nitrogens with zero attached hydrogens (tertiary/aromatic N) is 1. The molecule has 2 rings (SSSR count). The van der Waals surface area contributed by atoms with Gasteiger partial charge in [-0.05, 0) is 42.4 Å². The lowest BCUT2D eigenvalue weighted by Gasteiger charge is -2.33. The molecule has 0 saturated carbocycles. The highest BCUT2D eigenvalue weighted by Gasteiger charge is 2.18. The van der Waals surface area contributed by atoms with Crippen molar-refractivity contribution in [3.8, 4) is 0 Å². The lowest BCUT2D eigenvalue weighted by Crippen LogP contribution is -2.48. The predicted molar refractivity (Wildman–Crippen MR) is 87.5 cm³/mol. The van der Waals surface area contributed by atoms with E-state index in [0.717, 1.165) is 19.5 Å². The molecule has 20 heavy (non-hydrogen) atoms. The minimum atomic E-state index is 0.243. The quantitative estimate of drug-likeness (QED) is 0.911. The Morgan fingerprint density at radius 3 is 2.40 bits per heavy atom. The molecule has 1 aliphatic heterocycles. The molecule has 1 N–H and O–H groups in total. The van der Waals surface area contributed by atoms with Gasteiger partial charge in [0, 0.05) is 32.2 Å². The molecule has 112 valence electrons. The Bertz CT molecular complexity index is 439. The van der Waals surface area contributed by atoms with Gasteiger partial charge in [-0.15, -0.1) is 0 Å². The Kier molecular flexibility index (Phi) is 4.87. The zero-order valence-corrected chi connectivity index (χ0v) is 13.8. The summed E-state index contributed by atoms with van der Waals surface area (Å²) in [6, 6.07) is 7.66. The molecule has 1 aromatic rings. The molecule has 0 bridgehead atoms. The third-order valence-corrected chi connectivity index (χ3v) is 4.50. The summed E-state index contributed by atoms with van der Waals surface area (Å²) in [5, 5.41) is 3.43. The number of aryl methyl sites for hydroxylation is 1. The molecule has 1 unspecified atom stereocenters. The largest absolute Gasteiger partial charge is 0.314 e. The van der Waals surface area contributed by atoms with E-state index in [1.165, 1.54) is 29.8 Å². The zero-order valence-electron chi connectivity index (χ0n) is 13.8. The molecule has 1 aliphatic rings. The van der Waals surface area contributed by atoms with E-state index in [-0.39, 0.29) is 5.41 Å². The van der Waals surface area contributed by atoms with Gasteiger partial charge in [0.1, 0.15) is 0 Å². The third kappa shape index (κ3) is 3.83. The average molecular weight is 274 g/mol. The Balaban J connectivity index is 2.05. The summed E-state index contributed by atoms with van der Waals surface area (Å²) in [5.41, 5.74) is 4.63. The van der Waals surface area contributed by atoms with E-state index < -0.39 is 0 Å². The van der Waals surface area contributed by atoms with Gasteiger partial charge in [-0.3, -0.25) is 4.90 Å². The normalized spacial score (nSPS) is 19.1. The van der Waals surface area contributed by atoms with Crippen LogP contribution in [0.1, 0.15) is 44.4 Å². The van der Waals surface area contributed by atoms with Crippen molar-refractivity contribution in [2.24, 2.45) is 0 Å². The second-order valence-electron chi connectivity index (χ2n) is 7.23. The van der Waals surface area contributed by atoms with Crippen molar-refractivity contribution in [1.29, 1.82) is 0 Å². The van der Waals surface area contributed by atoms with Crippen LogP contribution in [0, 0.1) is 6.92 Å². The fraction of sp³-hybridized carbons (Fsp3) is 0.667. The van der Waals surface area contributed by atoms with Crippen LogP contribution in [0.3, 0.4) is 0 Å². The SMILES string of the molecule is Cc1cc(C(C)(C)C)ccc1CC(C)N1CCNCC1. The number of hydrogen-bond donors (Lipinski definition) is 1. The van der Waals surface area contributed by atoms with Crippen LogP contribution in [0.4, 0.5) is 0 Å². The Hall–Kier alpha value is -0.860. The van der Waals surface area contributed by atoms with E-state index in [1.807, 2.05) is 0 Å². The molecule has 1 aromatic carbocycles. The molecule has 0 spiro atoms. The van der Waals surface area contributed by atoms with E-state index in [4.69, 9.17) is 0 Å². The van der Waals surface area contributed by atoms with Crippen molar-refractivity contribution in [2.45, 2.75) is 52.5 Å². The van der Waals surface area contributed by atoms with Gasteiger partial charge in [0.15, 0.2) is 0 Å². The van der Waals surface area contributed by atoms with Crippen LogP contribution in [-0.2, 0) is 11.8 Å². The van der Waals surface area contributed by atoms with Gasteiger partial charge in [0.2, 0.25) is 0 Å². The van der Waals surface area contributed by atoms with Gasteiger partial charge in [-0.1, -0.05) is 39.0 Å². The maximum absolute atomic E-state index is 3.43. The summed E-state index contributed by atoms with van der Waals surface area (Å²) in [6.45, 7) is 16.1. The van der Waals surface area contributed by atoms with Gasteiger partial charge in [-0.25, -0.2) is 0 Å². The Morgan fingerprint density at radius 2 is 1.85 bits per heavy atom. The van der Waals surface area contributed by atoms with E-state index in [1.54, 1.807) is 0 Å². The van der Waals surface area contributed by atoms with Crippen LogP contribution in [0.5, 0.6) is 0 Å². The van der Waals surface area contributed by atoms with Crippen LogP contribution in [0.2, 0.25) is 0 Å². The first kappa shape index (κ1) is 15.5. The smallest absolute Gasteiger partial charge is 0.0110 e. The fourth-order valence-corrected chi connectivity index (χ4v) is 2.96. The highest BCUT2D eigenvalue weighted by atomic mass is 15.2. The van der Waals surface area contributed by atoms with Gasteiger partial charge in [0.25, 0.3) is 0 Å². The van der Waals surface area contributed by atoms with Gasteiger partial charge in [-0.2, -0.15) is 0 Å². The second kappa shape index (κ2) is 6.28. The van der Waals surface area contributed by atoms with Crippen molar-refractivity contribution < 1.29 is 0 Å². The van der Waals surface area contributed by atoms with Gasteiger partial charge < -0.3 is 5.32 Å². The number of piperazine rings is 1. The minimum absolute atomic E-state index is 0.243. The summed E-state index contributed by atoms with van der Waals surface area (Å²) in [6.07, 6.45) is 1.16. The fourth-order valence-electron chi connectivity index (χ4n) is 2.96. The summed E-state index contributed by atoms with van der Waals surface area (Å²) in [4.78, 5) is 2.60. The maximum atomic E-state index is 3.43. The molecule has 2 heteroatoms. The molecule has 1 fully saturated rings. The monoisotopic (exact) mass is 274 g/mol. The molecule has 0 amide bonds. The third-order valence-electron chi connectivity index (χ3n) is 4.50. The molecule has 0 aromatic heterocycles. The first-order chi connectivity index (χ1) is 9.38. The van der Waals surface area contributed by atoms with Crippen LogP contribution < -0.4 is 5.32 Å². The minimum Gasteiger partial charge on any atom is -0.314 e. The average Bonchev–Trinajstić information content (AvgIpc) is 2.41. The van der Waals surface area contributed by atoms with Crippen LogP contribution in [0.25, 0.3) is 0 Å². The summed E-state index contributed by atoms with van der Waals surface area (Å²) >= 11 is 0. The van der Waals surface area contributed by atoms with Crippen LogP contribution in [-0.4, -0.2) is 37.1 Å². The van der Waals surface area contributed by atoms with Crippen molar-refractivity contribution in [2.75, 3.05) is 26.2 Å². The van der Waals surface area contributed by atoms with E-state index in [9.17, 15) is 0 Å². The molecule has 0 aliphatic carbocycles. The summed E-state index contributed by atoms with van der Waals surface area (Å²) < 4.78 is 0. The summed E-state index contributed by atoms with van der Waals surface area (Å²) in [5.74, 6) is 0. The molecule has 1 heterocycles. The first-order valence-corrected chi connectivity index (χ1v) is 7.92. The van der Waals surface area contributed by atoms with E-state index in [2.05, 4.69) is 63.0 Å². The lowest BCUT2D eigenvalue weighted by atomic mass is 9.85. The number of rotatable bonds is 3. The number of benzene rings is 1. The predicted octanol–water partition coefficient (Wildman–Crippen LogP) is 3.13. The van der Waals surface area contributed by atoms with Crippen molar-refractivity contribution in [3.63, 3.8) is 0 Å². The second-order valence-corrected chi connectivity index (χ2v) is 7.23. The highest BCUT2D eigenvalue weighted by Crippen LogP contribution is 2.25. The van der Waals surface area contributed by atoms with Crippen molar-refractivity contribution >= 4 is 0 Å². The van der Waals surface area contributed by atoms with E-state index >= 15 is 0 Å². The van der Waals surface area contributed by atoms with Crippen LogP contribution >= 0.6 is 0 Å². The van der Waals surface area contributed by atoms with Crippen LogP contribution in [0.15, 0.2) is 18.2 Å². The standard InChI is InChI=1S/C18H30N2/c1-14-12-17(18(3,4)5)7-6-16(14)13-15(2)20-10-8-19-9-11-20/h6-7,12,15,19H,8-11,13H2,1-5H3. The summed E-state index contributed by atoms with van der Waals surface area (Å²) in [7, 11) is 0. The lowest BCUT2D eigenvalue weighted by molar-refractivity contribution is 0.183. The first-order valence-electron chi connectivity index (χ1n) is 7.92. The Labute approximate surface area is 124 Å². The highest BCUT2D eigenvalue weighted by molar-refractivity contribution is 5.34. The zero-order chi connectivity index (χ0) is 14.8. The molecule has 1 atom stereocenters. The molecular formula is C18H30N2. The molecule has 2 nitrogen and oxygen atoms in total. The van der Waals surface area contributed by atoms with Crippen molar-refractivity contribution in [1.82, 2.24) is 10.2 Å². The maximum Gasteiger partial charge on any atom is 0.0110 e.